The number of rotatable bonds is 4. The molecule has 1 heterocycles. The molecule has 0 bridgehead atoms. The third-order valence-electron chi connectivity index (χ3n) is 3.33. The molecule has 0 radical (unpaired) electrons. The fourth-order valence-corrected chi connectivity index (χ4v) is 3.75. The van der Waals surface area contributed by atoms with Crippen LogP contribution in [-0.2, 0) is 19.9 Å². The molecular formula is C14H12F3N3O5S2. The maximum Gasteiger partial charge on any atom is 0.503 e. The summed E-state index contributed by atoms with van der Waals surface area (Å²) in [5.74, 6) is -1.23. The Morgan fingerprint density at radius 2 is 1.78 bits per heavy atom. The van der Waals surface area contributed by atoms with E-state index in [2.05, 4.69) is 10.3 Å². The first-order valence-corrected chi connectivity index (χ1v) is 9.99. The fraction of sp³-hybridized carbons (Fsp3) is 0.143. The first kappa shape index (κ1) is 20.8. The third kappa shape index (κ3) is 4.26. The molecule has 0 unspecified atom stereocenters. The van der Waals surface area contributed by atoms with Crippen LogP contribution >= 0.6 is 0 Å². The number of amides is 1. The number of aromatic nitrogens is 1. The molecule has 146 valence electrons. The standard InChI is InChI=1S/C14H12F3N3O5S2/c1-8-4-5-9(7-11(8)27(18,24)25)20-12(21)10-3-2-6-19-13(10)26(22,23)14(15,16)17/h2-7H,1H3,(H,20,21)(H2,18,24,25). The lowest BCUT2D eigenvalue weighted by molar-refractivity contribution is -0.0438. The van der Waals surface area contributed by atoms with E-state index in [1.165, 1.54) is 19.1 Å². The number of primary sulfonamides is 1. The molecule has 0 atom stereocenters. The predicted octanol–water partition coefficient (Wildman–Crippen LogP) is 1.58. The number of nitrogens with two attached hydrogens (primary N) is 1. The van der Waals surface area contributed by atoms with Crippen LogP contribution in [0.15, 0.2) is 46.5 Å². The second-order valence-corrected chi connectivity index (χ2v) is 8.67. The number of sulfonamides is 1. The van der Waals surface area contributed by atoms with E-state index in [1.807, 2.05) is 0 Å². The van der Waals surface area contributed by atoms with Crippen LogP contribution in [-0.4, -0.2) is 33.2 Å². The minimum Gasteiger partial charge on any atom is -0.322 e. The molecule has 8 nitrogen and oxygen atoms in total. The highest BCUT2D eigenvalue weighted by atomic mass is 32.2. The zero-order chi connectivity index (χ0) is 20.6. The van der Waals surface area contributed by atoms with Crippen molar-refractivity contribution in [3.63, 3.8) is 0 Å². The van der Waals surface area contributed by atoms with Gasteiger partial charge in [-0.05, 0) is 36.8 Å². The molecule has 0 aliphatic carbocycles. The number of pyridine rings is 1. The second-order valence-electron chi connectivity index (χ2n) is 5.28. The van der Waals surface area contributed by atoms with Gasteiger partial charge in [0.15, 0.2) is 5.03 Å². The van der Waals surface area contributed by atoms with E-state index < -0.39 is 41.9 Å². The molecule has 3 N–H and O–H groups in total. The van der Waals surface area contributed by atoms with Gasteiger partial charge in [0.2, 0.25) is 10.0 Å². The van der Waals surface area contributed by atoms with E-state index in [4.69, 9.17) is 5.14 Å². The van der Waals surface area contributed by atoms with Crippen LogP contribution in [0.1, 0.15) is 15.9 Å². The smallest absolute Gasteiger partial charge is 0.322 e. The van der Waals surface area contributed by atoms with Crippen LogP contribution in [0.5, 0.6) is 0 Å². The van der Waals surface area contributed by atoms with Crippen molar-refractivity contribution in [2.24, 2.45) is 5.14 Å². The van der Waals surface area contributed by atoms with Crippen LogP contribution in [0, 0.1) is 6.92 Å². The van der Waals surface area contributed by atoms with Crippen LogP contribution in [0.3, 0.4) is 0 Å². The van der Waals surface area contributed by atoms with E-state index in [0.29, 0.717) is 0 Å². The van der Waals surface area contributed by atoms with Gasteiger partial charge in [0, 0.05) is 11.9 Å². The van der Waals surface area contributed by atoms with Crippen molar-refractivity contribution in [2.45, 2.75) is 22.4 Å². The number of halogens is 3. The number of carbonyl (C=O) groups is 1. The molecule has 2 rings (SSSR count). The molecule has 0 spiro atoms. The van der Waals surface area contributed by atoms with Crippen molar-refractivity contribution >= 4 is 31.5 Å². The quantitative estimate of drug-likeness (QED) is 0.766. The molecule has 0 aliphatic heterocycles. The Kier molecular flexibility index (Phi) is 5.32. The molecule has 0 saturated carbocycles. The fourth-order valence-electron chi connectivity index (χ4n) is 2.07. The number of benzene rings is 1. The van der Waals surface area contributed by atoms with E-state index >= 15 is 0 Å². The minimum atomic E-state index is -5.87. The highest BCUT2D eigenvalue weighted by Crippen LogP contribution is 2.31. The SMILES string of the molecule is Cc1ccc(NC(=O)c2cccnc2S(=O)(=O)C(F)(F)F)cc1S(N)(=O)=O. The molecule has 1 aromatic carbocycles. The molecule has 0 aliphatic rings. The van der Waals surface area contributed by atoms with Crippen molar-refractivity contribution in [1.29, 1.82) is 0 Å². The van der Waals surface area contributed by atoms with Crippen molar-refractivity contribution in [3.8, 4) is 0 Å². The highest BCUT2D eigenvalue weighted by molar-refractivity contribution is 7.92. The van der Waals surface area contributed by atoms with Crippen molar-refractivity contribution < 1.29 is 34.8 Å². The predicted molar refractivity (Wildman–Crippen MR) is 88.0 cm³/mol. The summed E-state index contributed by atoms with van der Waals surface area (Å²) < 4.78 is 84.5. The number of sulfone groups is 1. The number of anilines is 1. The number of aryl methyl sites for hydroxylation is 1. The lowest BCUT2D eigenvalue weighted by Crippen LogP contribution is -2.27. The van der Waals surface area contributed by atoms with Crippen molar-refractivity contribution in [2.75, 3.05) is 5.32 Å². The summed E-state index contributed by atoms with van der Waals surface area (Å²) in [6.07, 6.45) is 0.792. The number of carbonyl (C=O) groups excluding carboxylic acids is 1. The van der Waals surface area contributed by atoms with Crippen LogP contribution < -0.4 is 10.5 Å². The number of alkyl halides is 3. The topological polar surface area (TPSA) is 136 Å². The lowest BCUT2D eigenvalue weighted by atomic mass is 10.2. The molecule has 0 fully saturated rings. The third-order valence-corrected chi connectivity index (χ3v) is 5.82. The summed E-state index contributed by atoms with van der Waals surface area (Å²) in [7, 11) is -9.99. The highest BCUT2D eigenvalue weighted by Gasteiger charge is 2.49. The summed E-state index contributed by atoms with van der Waals surface area (Å²) in [4.78, 5) is 15.1. The van der Waals surface area contributed by atoms with Gasteiger partial charge in [-0.2, -0.15) is 13.2 Å². The van der Waals surface area contributed by atoms with Crippen LogP contribution in [0.4, 0.5) is 18.9 Å². The van der Waals surface area contributed by atoms with Crippen LogP contribution in [0.25, 0.3) is 0 Å². The Hall–Kier alpha value is -2.51. The minimum absolute atomic E-state index is 0.117. The summed E-state index contributed by atoms with van der Waals surface area (Å²) in [6.45, 7) is 1.44. The average molecular weight is 423 g/mol. The monoisotopic (exact) mass is 423 g/mol. The van der Waals surface area contributed by atoms with Gasteiger partial charge in [0.1, 0.15) is 0 Å². The normalized spacial score (nSPS) is 12.6. The van der Waals surface area contributed by atoms with Gasteiger partial charge >= 0.3 is 5.51 Å². The summed E-state index contributed by atoms with van der Waals surface area (Å²) in [5, 5.41) is 5.71. The lowest BCUT2D eigenvalue weighted by Gasteiger charge is -2.12. The molecule has 27 heavy (non-hydrogen) atoms. The molecule has 13 heteroatoms. The van der Waals surface area contributed by atoms with Crippen molar-refractivity contribution in [1.82, 2.24) is 4.98 Å². The summed E-state index contributed by atoms with van der Waals surface area (Å²) in [5.41, 5.74) is -6.35. The van der Waals surface area contributed by atoms with Gasteiger partial charge in [-0.25, -0.2) is 27.0 Å². The van der Waals surface area contributed by atoms with Gasteiger partial charge in [-0.3, -0.25) is 4.79 Å². The Bertz CT molecular complexity index is 1110. The number of nitrogens with one attached hydrogen (secondary N) is 1. The van der Waals surface area contributed by atoms with Crippen molar-refractivity contribution in [3.05, 3.63) is 47.7 Å². The Morgan fingerprint density at radius 1 is 1.15 bits per heavy atom. The zero-order valence-electron chi connectivity index (χ0n) is 13.5. The maximum atomic E-state index is 12.8. The van der Waals surface area contributed by atoms with Gasteiger partial charge < -0.3 is 5.32 Å². The van der Waals surface area contributed by atoms with E-state index in [0.717, 1.165) is 24.4 Å². The van der Waals surface area contributed by atoms with E-state index in [9.17, 15) is 34.8 Å². The van der Waals surface area contributed by atoms with Gasteiger partial charge in [-0.1, -0.05) is 6.07 Å². The van der Waals surface area contributed by atoms with Crippen LogP contribution in [0.2, 0.25) is 0 Å². The summed E-state index contributed by atoms with van der Waals surface area (Å²) in [6, 6.07) is 5.50. The van der Waals surface area contributed by atoms with Gasteiger partial charge in [0.25, 0.3) is 15.7 Å². The van der Waals surface area contributed by atoms with E-state index in [-0.39, 0.29) is 16.1 Å². The number of hydrogen-bond donors (Lipinski definition) is 2. The first-order chi connectivity index (χ1) is 12.2. The Labute approximate surface area is 152 Å². The van der Waals surface area contributed by atoms with E-state index in [1.54, 1.807) is 0 Å². The zero-order valence-corrected chi connectivity index (χ0v) is 15.1. The number of nitrogens with zero attached hydrogens (tertiary/aromatic N) is 1. The molecule has 2 aromatic rings. The summed E-state index contributed by atoms with van der Waals surface area (Å²) >= 11 is 0. The Balaban J connectivity index is 2.48. The second kappa shape index (κ2) is 6.90. The first-order valence-electron chi connectivity index (χ1n) is 6.96. The maximum absolute atomic E-state index is 12.8. The molecule has 1 aromatic heterocycles. The number of hydrogen-bond acceptors (Lipinski definition) is 6. The molecular weight excluding hydrogens is 411 g/mol. The van der Waals surface area contributed by atoms with Gasteiger partial charge in [0.05, 0.1) is 10.5 Å². The molecule has 0 saturated heterocycles. The van der Waals surface area contributed by atoms with Gasteiger partial charge in [-0.15, -0.1) is 0 Å². The Morgan fingerprint density at radius 3 is 2.33 bits per heavy atom. The molecule has 1 amide bonds. The average Bonchev–Trinajstić information content (AvgIpc) is 2.54. The largest absolute Gasteiger partial charge is 0.503 e.